The molecule has 0 unspecified atom stereocenters. The van der Waals surface area contributed by atoms with Crippen molar-refractivity contribution in [1.29, 1.82) is 0 Å². The number of hydrogen-bond donors (Lipinski definition) is 1. The lowest BCUT2D eigenvalue weighted by Crippen LogP contribution is -2.39. The van der Waals surface area contributed by atoms with Gasteiger partial charge >= 0.3 is 5.97 Å². The summed E-state index contributed by atoms with van der Waals surface area (Å²) in [5.41, 5.74) is 0.496. The van der Waals surface area contributed by atoms with E-state index in [0.717, 1.165) is 0 Å². The van der Waals surface area contributed by atoms with Gasteiger partial charge in [0.25, 0.3) is 5.91 Å². The molecule has 0 saturated carbocycles. The maximum atomic E-state index is 11.9. The summed E-state index contributed by atoms with van der Waals surface area (Å²) in [6, 6.07) is 6.51. The predicted molar refractivity (Wildman–Crippen MR) is 76.4 cm³/mol. The van der Waals surface area contributed by atoms with Gasteiger partial charge in [0.15, 0.2) is 12.4 Å². The van der Waals surface area contributed by atoms with Crippen molar-refractivity contribution in [3.63, 3.8) is 0 Å². The van der Waals surface area contributed by atoms with Crippen LogP contribution in [0, 0.1) is 0 Å². The first-order valence-electron chi connectivity index (χ1n) is 6.67. The number of ether oxygens (including phenoxy) is 1. The Hall–Kier alpha value is -2.37. The van der Waals surface area contributed by atoms with Crippen molar-refractivity contribution >= 4 is 17.7 Å². The summed E-state index contributed by atoms with van der Waals surface area (Å²) < 4.78 is 5.33. The number of ketones is 1. The third-order valence-electron chi connectivity index (χ3n) is 2.78. The first-order valence-corrected chi connectivity index (χ1v) is 6.67. The molecular weight excluding hydrogens is 274 g/mol. The van der Waals surface area contributed by atoms with Gasteiger partial charge in [0, 0.05) is 12.1 Å². The van der Waals surface area contributed by atoms with Crippen LogP contribution in [0.1, 0.15) is 30.6 Å². The summed E-state index contributed by atoms with van der Waals surface area (Å²) >= 11 is 0. The monoisotopic (exact) mass is 293 g/mol. The van der Waals surface area contributed by atoms with Crippen LogP contribution in [0.4, 0.5) is 0 Å². The smallest absolute Gasteiger partial charge is 0.323 e. The molecule has 0 aromatic heterocycles. The molecule has 6 heteroatoms. The summed E-state index contributed by atoms with van der Waals surface area (Å²) in [6.07, 6.45) is 0.666. The van der Waals surface area contributed by atoms with Crippen LogP contribution >= 0.6 is 0 Å². The van der Waals surface area contributed by atoms with Crippen molar-refractivity contribution in [1.82, 2.24) is 4.90 Å². The number of benzene rings is 1. The van der Waals surface area contributed by atoms with E-state index in [4.69, 9.17) is 9.84 Å². The van der Waals surface area contributed by atoms with Crippen molar-refractivity contribution in [2.24, 2.45) is 0 Å². The van der Waals surface area contributed by atoms with Crippen LogP contribution in [0.25, 0.3) is 0 Å². The first kappa shape index (κ1) is 16.7. The zero-order valence-corrected chi connectivity index (χ0v) is 12.2. The number of Topliss-reactive ketones (excluding diaryl/α,β-unsaturated/α-hetero) is 1. The van der Waals surface area contributed by atoms with Crippen LogP contribution in [0.5, 0.6) is 5.75 Å². The van der Waals surface area contributed by atoms with Crippen molar-refractivity contribution < 1.29 is 24.2 Å². The van der Waals surface area contributed by atoms with E-state index in [1.165, 1.54) is 11.8 Å². The summed E-state index contributed by atoms with van der Waals surface area (Å²) in [5, 5.41) is 8.77. The van der Waals surface area contributed by atoms with Crippen molar-refractivity contribution in [3.05, 3.63) is 29.8 Å². The van der Waals surface area contributed by atoms with Gasteiger partial charge in [-0.25, -0.2) is 0 Å². The fourth-order valence-electron chi connectivity index (χ4n) is 1.77. The Morgan fingerprint density at radius 3 is 2.57 bits per heavy atom. The average Bonchev–Trinajstić information content (AvgIpc) is 2.44. The number of rotatable bonds is 8. The molecular formula is C15H19NO5. The van der Waals surface area contributed by atoms with Gasteiger partial charge in [-0.1, -0.05) is 19.1 Å². The third kappa shape index (κ3) is 5.64. The number of carbonyl (C=O) groups excluding carboxylic acids is 2. The molecule has 0 aliphatic heterocycles. The number of hydrogen-bond acceptors (Lipinski definition) is 4. The van der Waals surface area contributed by atoms with Crippen LogP contribution in [0.15, 0.2) is 24.3 Å². The molecule has 0 heterocycles. The lowest BCUT2D eigenvalue weighted by atomic mass is 10.1. The molecule has 0 aliphatic rings. The predicted octanol–water partition coefficient (Wildman–Crippen LogP) is 1.59. The van der Waals surface area contributed by atoms with Gasteiger partial charge in [-0.3, -0.25) is 14.4 Å². The molecule has 0 fully saturated rings. The first-order chi connectivity index (χ1) is 9.93. The van der Waals surface area contributed by atoms with Crippen LogP contribution in [0.3, 0.4) is 0 Å². The minimum atomic E-state index is -1.06. The molecule has 0 aliphatic carbocycles. The summed E-state index contributed by atoms with van der Waals surface area (Å²) in [7, 11) is 0. The fourth-order valence-corrected chi connectivity index (χ4v) is 1.77. The van der Waals surface area contributed by atoms with E-state index in [1.54, 1.807) is 24.3 Å². The largest absolute Gasteiger partial charge is 0.484 e. The Kier molecular flexibility index (Phi) is 6.39. The molecule has 0 saturated heterocycles. The van der Waals surface area contributed by atoms with E-state index in [-0.39, 0.29) is 18.9 Å². The van der Waals surface area contributed by atoms with Crippen molar-refractivity contribution in [3.8, 4) is 5.75 Å². The second-order valence-electron chi connectivity index (χ2n) is 4.58. The molecule has 0 bridgehead atoms. The number of nitrogens with zero attached hydrogens (tertiary/aromatic N) is 1. The highest BCUT2D eigenvalue weighted by Crippen LogP contribution is 2.13. The number of aliphatic carboxylic acids is 1. The van der Waals surface area contributed by atoms with Crippen LogP contribution < -0.4 is 4.74 Å². The minimum Gasteiger partial charge on any atom is -0.484 e. The van der Waals surface area contributed by atoms with Gasteiger partial charge in [-0.05, 0) is 25.5 Å². The molecule has 1 rings (SSSR count). The minimum absolute atomic E-state index is 0.0923. The maximum absolute atomic E-state index is 11.9. The summed E-state index contributed by atoms with van der Waals surface area (Å²) in [5.74, 6) is -1.14. The second kappa shape index (κ2) is 8.04. The summed E-state index contributed by atoms with van der Waals surface area (Å²) in [4.78, 5) is 35.1. The molecule has 0 radical (unpaired) electrons. The zero-order valence-electron chi connectivity index (χ0n) is 12.2. The molecule has 6 nitrogen and oxygen atoms in total. The van der Waals surface area contributed by atoms with E-state index in [1.807, 2.05) is 6.92 Å². The average molecular weight is 293 g/mol. The lowest BCUT2D eigenvalue weighted by Gasteiger charge is -2.20. The second-order valence-corrected chi connectivity index (χ2v) is 4.58. The lowest BCUT2D eigenvalue weighted by molar-refractivity contribution is -0.145. The quantitative estimate of drug-likeness (QED) is 0.736. The SMILES string of the molecule is CCCN(CC(=O)O)C(=O)COc1cccc(C(C)=O)c1. The van der Waals surface area contributed by atoms with E-state index in [2.05, 4.69) is 0 Å². The molecule has 114 valence electrons. The highest BCUT2D eigenvalue weighted by atomic mass is 16.5. The Labute approximate surface area is 123 Å². The van der Waals surface area contributed by atoms with Gasteiger partial charge in [0.05, 0.1) is 0 Å². The Bertz CT molecular complexity index is 527. The van der Waals surface area contributed by atoms with Gasteiger partial charge in [-0.15, -0.1) is 0 Å². The van der Waals surface area contributed by atoms with Crippen LogP contribution in [0.2, 0.25) is 0 Å². The van der Waals surface area contributed by atoms with E-state index in [9.17, 15) is 14.4 Å². The normalized spacial score (nSPS) is 10.0. The molecule has 21 heavy (non-hydrogen) atoms. The van der Waals surface area contributed by atoms with Crippen molar-refractivity contribution in [2.45, 2.75) is 20.3 Å². The topological polar surface area (TPSA) is 83.9 Å². The Morgan fingerprint density at radius 1 is 1.29 bits per heavy atom. The molecule has 0 spiro atoms. The molecule has 1 aromatic rings. The Balaban J connectivity index is 2.63. The van der Waals surface area contributed by atoms with E-state index < -0.39 is 11.9 Å². The maximum Gasteiger partial charge on any atom is 0.323 e. The zero-order chi connectivity index (χ0) is 15.8. The molecule has 0 atom stereocenters. The summed E-state index contributed by atoms with van der Waals surface area (Å²) in [6.45, 7) is 3.07. The number of carbonyl (C=O) groups is 3. The fraction of sp³-hybridized carbons (Fsp3) is 0.400. The van der Waals surface area contributed by atoms with Gasteiger partial charge in [0.1, 0.15) is 12.3 Å². The number of amides is 1. The molecule has 1 N–H and O–H groups in total. The molecule has 1 amide bonds. The third-order valence-corrected chi connectivity index (χ3v) is 2.78. The van der Waals surface area contributed by atoms with Gasteiger partial charge in [0.2, 0.25) is 0 Å². The number of carboxylic acid groups (broad SMARTS) is 1. The van der Waals surface area contributed by atoms with Crippen LogP contribution in [-0.2, 0) is 9.59 Å². The number of carboxylic acids is 1. The highest BCUT2D eigenvalue weighted by molar-refractivity contribution is 5.94. The Morgan fingerprint density at radius 2 is 2.00 bits per heavy atom. The van der Waals surface area contributed by atoms with Gasteiger partial charge < -0.3 is 14.7 Å². The van der Waals surface area contributed by atoms with E-state index in [0.29, 0.717) is 24.3 Å². The van der Waals surface area contributed by atoms with Gasteiger partial charge in [-0.2, -0.15) is 0 Å². The van der Waals surface area contributed by atoms with E-state index >= 15 is 0 Å². The van der Waals surface area contributed by atoms with Crippen LogP contribution in [-0.4, -0.2) is 47.4 Å². The highest BCUT2D eigenvalue weighted by Gasteiger charge is 2.16. The molecule has 1 aromatic carbocycles. The van der Waals surface area contributed by atoms with Crippen molar-refractivity contribution in [2.75, 3.05) is 19.7 Å². The standard InChI is InChI=1S/C15H19NO5/c1-3-7-16(9-15(19)20)14(18)10-21-13-6-4-5-12(8-13)11(2)17/h4-6,8H,3,7,9-10H2,1-2H3,(H,19,20).